The lowest BCUT2D eigenvalue weighted by Gasteiger charge is -2.24. The summed E-state index contributed by atoms with van der Waals surface area (Å²) in [4.78, 5) is 22.0. The lowest BCUT2D eigenvalue weighted by molar-refractivity contribution is -0.118. The molecule has 0 aliphatic rings. The average Bonchev–Trinajstić information content (AvgIpc) is 3.21. The zero-order chi connectivity index (χ0) is 23.3. The molecule has 3 aromatic rings. The summed E-state index contributed by atoms with van der Waals surface area (Å²) >= 11 is 7.32. The third-order valence-electron chi connectivity index (χ3n) is 5.43. The van der Waals surface area contributed by atoms with Crippen LogP contribution in [0.3, 0.4) is 0 Å². The van der Waals surface area contributed by atoms with E-state index in [1.54, 1.807) is 4.90 Å². The van der Waals surface area contributed by atoms with E-state index in [2.05, 4.69) is 18.7 Å². The van der Waals surface area contributed by atoms with E-state index in [4.69, 9.17) is 16.6 Å². The van der Waals surface area contributed by atoms with Gasteiger partial charge >= 0.3 is 0 Å². The van der Waals surface area contributed by atoms with Crippen molar-refractivity contribution in [2.24, 2.45) is 0 Å². The molecule has 0 radical (unpaired) electrons. The van der Waals surface area contributed by atoms with Crippen molar-refractivity contribution in [1.82, 2.24) is 9.88 Å². The van der Waals surface area contributed by atoms with Gasteiger partial charge in [0.2, 0.25) is 5.91 Å². The molecule has 3 rings (SSSR count). The first kappa shape index (κ1) is 27.5. The molecule has 33 heavy (non-hydrogen) atoms. The molecule has 0 saturated carbocycles. The van der Waals surface area contributed by atoms with Gasteiger partial charge in [-0.1, -0.05) is 48.9 Å². The lowest BCUT2D eigenvalue weighted by atomic mass is 10.2. The minimum absolute atomic E-state index is 0. The number of anilines is 1. The van der Waals surface area contributed by atoms with Crippen LogP contribution in [-0.4, -0.2) is 56.1 Å². The number of aromatic nitrogens is 1. The zero-order valence-corrected chi connectivity index (χ0v) is 22.2. The number of benzene rings is 2. The van der Waals surface area contributed by atoms with E-state index >= 15 is 0 Å². The molecule has 180 valence electrons. The fourth-order valence-electron chi connectivity index (χ4n) is 3.41. The molecule has 0 unspecified atom stereocenters. The highest BCUT2D eigenvalue weighted by molar-refractivity contribution is 7.91. The number of para-hydroxylation sites is 1. The van der Waals surface area contributed by atoms with Gasteiger partial charge in [0.1, 0.15) is 0 Å². The Kier molecular flexibility index (Phi) is 10.1. The second-order valence-corrected chi connectivity index (χ2v) is 11.1. The van der Waals surface area contributed by atoms with Crippen LogP contribution in [0.25, 0.3) is 10.2 Å². The molecular formula is C23H29Cl2N3O3S2. The molecule has 0 fully saturated rings. The second-order valence-electron chi connectivity index (χ2n) is 7.51. The number of rotatable bonds is 10. The molecule has 6 nitrogen and oxygen atoms in total. The molecule has 1 amide bonds. The summed E-state index contributed by atoms with van der Waals surface area (Å²) in [5.41, 5.74) is 1.92. The number of aryl methyl sites for hydroxylation is 1. The first-order chi connectivity index (χ1) is 15.2. The van der Waals surface area contributed by atoms with Gasteiger partial charge < -0.3 is 4.90 Å². The van der Waals surface area contributed by atoms with E-state index < -0.39 is 9.84 Å². The first-order valence-corrected chi connectivity index (χ1v) is 13.5. The maximum atomic E-state index is 13.2. The predicted molar refractivity (Wildman–Crippen MR) is 140 cm³/mol. The van der Waals surface area contributed by atoms with Crippen LogP contribution in [0.4, 0.5) is 5.13 Å². The second kappa shape index (κ2) is 12.1. The predicted octanol–water partition coefficient (Wildman–Crippen LogP) is 5.22. The number of thiazole rings is 1. The van der Waals surface area contributed by atoms with E-state index in [9.17, 15) is 13.2 Å². The summed E-state index contributed by atoms with van der Waals surface area (Å²) in [5.74, 6) is -0.509. The van der Waals surface area contributed by atoms with Crippen molar-refractivity contribution in [3.8, 4) is 0 Å². The quantitative estimate of drug-likeness (QED) is 0.360. The highest BCUT2D eigenvalue weighted by Gasteiger charge is 2.24. The van der Waals surface area contributed by atoms with Gasteiger partial charge in [0.15, 0.2) is 15.0 Å². The van der Waals surface area contributed by atoms with Crippen LogP contribution in [-0.2, 0) is 14.6 Å². The summed E-state index contributed by atoms with van der Waals surface area (Å²) in [5, 5.41) is 1.07. The number of nitrogens with zero attached hydrogens (tertiary/aromatic N) is 3. The van der Waals surface area contributed by atoms with Crippen LogP contribution >= 0.6 is 35.3 Å². The topological polar surface area (TPSA) is 70.6 Å². The van der Waals surface area contributed by atoms with Crippen molar-refractivity contribution < 1.29 is 13.2 Å². The third kappa shape index (κ3) is 6.90. The number of sulfone groups is 1. The van der Waals surface area contributed by atoms with Crippen molar-refractivity contribution >= 4 is 66.4 Å². The molecule has 0 spiro atoms. The Hall–Kier alpha value is -1.71. The summed E-state index contributed by atoms with van der Waals surface area (Å²) in [7, 11) is -3.59. The molecule has 0 N–H and O–H groups in total. The smallest absolute Gasteiger partial charge is 0.229 e. The number of carbonyl (C=O) groups excluding carboxylic acids is 1. The van der Waals surface area contributed by atoms with Crippen molar-refractivity contribution in [1.29, 1.82) is 0 Å². The number of amides is 1. The Morgan fingerprint density at radius 2 is 1.73 bits per heavy atom. The van der Waals surface area contributed by atoms with Crippen molar-refractivity contribution in [2.45, 2.75) is 32.1 Å². The molecule has 0 bridgehead atoms. The number of halogens is 2. The van der Waals surface area contributed by atoms with Crippen LogP contribution in [0, 0.1) is 6.92 Å². The van der Waals surface area contributed by atoms with Crippen molar-refractivity contribution in [3.05, 3.63) is 53.1 Å². The van der Waals surface area contributed by atoms with Crippen LogP contribution in [0.5, 0.6) is 0 Å². The molecule has 10 heteroatoms. The standard InChI is InChI=1S/C23H28ClN3O3S2.ClH/c1-4-26(5-2)14-15-27(23-25-22-17(3)7-6-8-20(22)31-23)21(28)13-16-32(29,30)19-11-9-18(24)10-12-19;/h6-12H,4-5,13-16H2,1-3H3;1H. The summed E-state index contributed by atoms with van der Waals surface area (Å²) in [6.07, 6.45) is -0.113. The van der Waals surface area contributed by atoms with Gasteiger partial charge in [-0.15, -0.1) is 12.4 Å². The maximum Gasteiger partial charge on any atom is 0.229 e. The van der Waals surface area contributed by atoms with Gasteiger partial charge in [-0.2, -0.15) is 0 Å². The first-order valence-electron chi connectivity index (χ1n) is 10.6. The average molecular weight is 531 g/mol. The number of hydrogen-bond donors (Lipinski definition) is 0. The fourth-order valence-corrected chi connectivity index (χ4v) is 5.86. The Labute approximate surface area is 210 Å². The molecular weight excluding hydrogens is 501 g/mol. The Bertz CT molecular complexity index is 1180. The maximum absolute atomic E-state index is 13.2. The number of carbonyl (C=O) groups is 1. The van der Waals surface area contributed by atoms with Crippen LogP contribution in [0.2, 0.25) is 5.02 Å². The number of fused-ring (bicyclic) bond motifs is 1. The minimum atomic E-state index is -3.59. The largest absolute Gasteiger partial charge is 0.302 e. The molecule has 0 aliphatic carbocycles. The Morgan fingerprint density at radius 3 is 2.33 bits per heavy atom. The van der Waals surface area contributed by atoms with Gasteiger partial charge in [0, 0.05) is 24.5 Å². The molecule has 1 heterocycles. The van der Waals surface area contributed by atoms with E-state index in [-0.39, 0.29) is 35.4 Å². The molecule has 0 saturated heterocycles. The zero-order valence-electron chi connectivity index (χ0n) is 19.0. The van der Waals surface area contributed by atoms with E-state index in [0.29, 0.717) is 23.2 Å². The van der Waals surface area contributed by atoms with Gasteiger partial charge in [-0.05, 0) is 55.9 Å². The monoisotopic (exact) mass is 529 g/mol. The molecule has 0 atom stereocenters. The summed E-state index contributed by atoms with van der Waals surface area (Å²) in [6, 6.07) is 12.0. The van der Waals surface area contributed by atoms with Gasteiger partial charge in [0.05, 0.1) is 20.9 Å². The number of hydrogen-bond acceptors (Lipinski definition) is 6. The highest BCUT2D eigenvalue weighted by atomic mass is 35.5. The summed E-state index contributed by atoms with van der Waals surface area (Å²) in [6.45, 7) is 9.06. The van der Waals surface area contributed by atoms with Gasteiger partial charge in [0.25, 0.3) is 0 Å². The fraction of sp³-hybridized carbons (Fsp3) is 0.391. The van der Waals surface area contributed by atoms with Crippen LogP contribution in [0.15, 0.2) is 47.4 Å². The van der Waals surface area contributed by atoms with E-state index in [0.717, 1.165) is 28.9 Å². The Morgan fingerprint density at radius 1 is 1.06 bits per heavy atom. The van der Waals surface area contributed by atoms with E-state index in [1.165, 1.54) is 35.6 Å². The molecule has 1 aromatic heterocycles. The number of likely N-dealkylation sites (N-methyl/N-ethyl adjacent to an activating group) is 1. The third-order valence-corrected chi connectivity index (χ3v) is 8.46. The minimum Gasteiger partial charge on any atom is -0.302 e. The van der Waals surface area contributed by atoms with Crippen LogP contribution in [0.1, 0.15) is 25.8 Å². The highest BCUT2D eigenvalue weighted by Crippen LogP contribution is 2.31. The van der Waals surface area contributed by atoms with E-state index in [1.807, 2.05) is 25.1 Å². The van der Waals surface area contributed by atoms with Gasteiger partial charge in [-0.3, -0.25) is 9.69 Å². The SMILES string of the molecule is CCN(CC)CCN(C(=O)CCS(=O)(=O)c1ccc(Cl)cc1)c1nc2c(C)cccc2s1.Cl. The lowest BCUT2D eigenvalue weighted by Crippen LogP contribution is -2.39. The molecule has 0 aliphatic heterocycles. The summed E-state index contributed by atoms with van der Waals surface area (Å²) < 4.78 is 26.4. The Balaban J connectivity index is 0.00000385. The normalized spacial score (nSPS) is 11.5. The van der Waals surface area contributed by atoms with Gasteiger partial charge in [-0.25, -0.2) is 13.4 Å². The van der Waals surface area contributed by atoms with Crippen molar-refractivity contribution in [2.75, 3.05) is 36.8 Å². The van der Waals surface area contributed by atoms with Crippen LogP contribution < -0.4 is 4.90 Å². The molecule has 2 aromatic carbocycles. The van der Waals surface area contributed by atoms with Crippen molar-refractivity contribution in [3.63, 3.8) is 0 Å².